The van der Waals surface area contributed by atoms with Crippen LogP contribution in [-0.4, -0.2) is 18.0 Å². The highest BCUT2D eigenvalue weighted by atomic mass is 16.6. The summed E-state index contributed by atoms with van der Waals surface area (Å²) in [5, 5.41) is 0. The molecule has 0 saturated heterocycles. The van der Waals surface area contributed by atoms with Gasteiger partial charge in [-0.3, -0.25) is 9.59 Å². The third-order valence-corrected chi connectivity index (χ3v) is 2.73. The fourth-order valence-corrected chi connectivity index (χ4v) is 2.16. The molecule has 0 unspecified atom stereocenters. The van der Waals surface area contributed by atoms with Crippen molar-refractivity contribution in [3.8, 4) is 0 Å². The first kappa shape index (κ1) is 11.6. The van der Waals surface area contributed by atoms with Gasteiger partial charge in [0.2, 0.25) is 0 Å². The highest BCUT2D eigenvalue weighted by Crippen LogP contribution is 2.36. The number of rotatable bonds is 2. The first-order chi connectivity index (χ1) is 8.08. The molecule has 0 amide bonds. The summed E-state index contributed by atoms with van der Waals surface area (Å²) in [4.78, 5) is 22.1. The van der Waals surface area contributed by atoms with Gasteiger partial charge < -0.3 is 9.47 Å². The highest BCUT2D eigenvalue weighted by molar-refractivity contribution is 5.68. The molecule has 1 aromatic carbocycles. The second-order valence-corrected chi connectivity index (χ2v) is 4.08. The monoisotopic (exact) mass is 234 g/mol. The number of esters is 2. The van der Waals surface area contributed by atoms with Crippen molar-refractivity contribution in [2.45, 2.75) is 32.5 Å². The van der Waals surface area contributed by atoms with E-state index in [4.69, 9.17) is 9.47 Å². The average Bonchev–Trinajstić information content (AvgIpc) is 2.55. The predicted molar refractivity (Wildman–Crippen MR) is 60.2 cm³/mol. The Bertz CT molecular complexity index is 452. The molecule has 0 fully saturated rings. The van der Waals surface area contributed by atoms with Crippen molar-refractivity contribution in [3.05, 3.63) is 35.4 Å². The Labute approximate surface area is 99.5 Å². The van der Waals surface area contributed by atoms with E-state index >= 15 is 0 Å². The molecule has 1 aliphatic rings. The number of hydrogen-bond donors (Lipinski definition) is 0. The summed E-state index contributed by atoms with van der Waals surface area (Å²) in [6.07, 6.45) is -0.297. The third-order valence-electron chi connectivity index (χ3n) is 2.73. The van der Waals surface area contributed by atoms with Crippen LogP contribution in [0.2, 0.25) is 0 Å². The van der Waals surface area contributed by atoms with E-state index in [1.54, 1.807) is 0 Å². The maximum absolute atomic E-state index is 11.1. The maximum atomic E-state index is 11.1. The zero-order valence-corrected chi connectivity index (χ0v) is 9.80. The summed E-state index contributed by atoms with van der Waals surface area (Å²) < 4.78 is 10.4. The fourth-order valence-electron chi connectivity index (χ4n) is 2.16. The largest absolute Gasteiger partial charge is 0.458 e. The highest BCUT2D eigenvalue weighted by Gasteiger charge is 2.36. The minimum atomic E-state index is -0.479. The molecule has 2 rings (SSSR count). The van der Waals surface area contributed by atoms with Crippen molar-refractivity contribution in [1.29, 1.82) is 0 Å². The Morgan fingerprint density at radius 2 is 1.76 bits per heavy atom. The molecule has 1 aromatic rings. The van der Waals surface area contributed by atoms with Gasteiger partial charge >= 0.3 is 11.9 Å². The van der Waals surface area contributed by atoms with Gasteiger partial charge in [0.25, 0.3) is 0 Å². The van der Waals surface area contributed by atoms with Crippen LogP contribution in [0, 0.1) is 0 Å². The van der Waals surface area contributed by atoms with E-state index in [1.807, 2.05) is 24.3 Å². The lowest BCUT2D eigenvalue weighted by Crippen LogP contribution is -2.24. The van der Waals surface area contributed by atoms with E-state index in [-0.39, 0.29) is 11.9 Å². The molecule has 0 heterocycles. The van der Waals surface area contributed by atoms with E-state index in [9.17, 15) is 9.59 Å². The lowest BCUT2D eigenvalue weighted by molar-refractivity contribution is -0.164. The molecule has 90 valence electrons. The molecular weight excluding hydrogens is 220 g/mol. The maximum Gasteiger partial charge on any atom is 0.303 e. The van der Waals surface area contributed by atoms with Gasteiger partial charge in [-0.2, -0.15) is 0 Å². The molecule has 1 aliphatic carbocycles. The lowest BCUT2D eigenvalue weighted by Gasteiger charge is -2.19. The van der Waals surface area contributed by atoms with Crippen LogP contribution >= 0.6 is 0 Å². The molecule has 2 atom stereocenters. The van der Waals surface area contributed by atoms with Gasteiger partial charge in [-0.1, -0.05) is 24.3 Å². The zero-order chi connectivity index (χ0) is 12.4. The second-order valence-electron chi connectivity index (χ2n) is 4.08. The molecule has 0 radical (unpaired) electrons. The lowest BCUT2D eigenvalue weighted by atomic mass is 10.1. The van der Waals surface area contributed by atoms with Crippen LogP contribution in [-0.2, 0) is 25.5 Å². The Balaban J connectivity index is 2.26. The zero-order valence-electron chi connectivity index (χ0n) is 9.80. The number of benzene rings is 1. The van der Waals surface area contributed by atoms with E-state index < -0.39 is 12.2 Å². The van der Waals surface area contributed by atoms with Crippen LogP contribution in [0.5, 0.6) is 0 Å². The fraction of sp³-hybridized carbons (Fsp3) is 0.385. The third kappa shape index (κ3) is 2.46. The minimum Gasteiger partial charge on any atom is -0.458 e. The molecule has 0 aromatic heterocycles. The Morgan fingerprint density at radius 3 is 2.41 bits per heavy atom. The van der Waals surface area contributed by atoms with Crippen LogP contribution in [0.15, 0.2) is 24.3 Å². The summed E-state index contributed by atoms with van der Waals surface area (Å²) in [7, 11) is 0. The van der Waals surface area contributed by atoms with Gasteiger partial charge in [-0.15, -0.1) is 0 Å². The van der Waals surface area contributed by atoms with Crippen molar-refractivity contribution in [3.63, 3.8) is 0 Å². The predicted octanol–water partition coefficient (Wildman–Crippen LogP) is 1.78. The summed E-state index contributed by atoms with van der Waals surface area (Å²) in [6, 6.07) is 7.65. The minimum absolute atomic E-state index is 0.361. The topological polar surface area (TPSA) is 52.6 Å². The quantitative estimate of drug-likeness (QED) is 0.732. The average molecular weight is 234 g/mol. The molecule has 4 heteroatoms. The SMILES string of the molecule is CC(=O)O[C@@H]1c2ccccc2C[C@H]1OC(C)=O. The first-order valence-electron chi connectivity index (χ1n) is 5.50. The number of ether oxygens (including phenoxy) is 2. The molecule has 0 bridgehead atoms. The summed E-state index contributed by atoms with van der Waals surface area (Å²) in [5.41, 5.74) is 1.99. The van der Waals surface area contributed by atoms with Crippen LogP contribution in [0.1, 0.15) is 31.1 Å². The van der Waals surface area contributed by atoms with Gasteiger partial charge in [0, 0.05) is 20.3 Å². The normalized spacial score (nSPS) is 21.8. The van der Waals surface area contributed by atoms with Crippen molar-refractivity contribution < 1.29 is 19.1 Å². The van der Waals surface area contributed by atoms with Crippen molar-refractivity contribution in [1.82, 2.24) is 0 Å². The molecule has 0 spiro atoms. The number of fused-ring (bicyclic) bond motifs is 1. The van der Waals surface area contributed by atoms with Gasteiger partial charge in [0.1, 0.15) is 6.10 Å². The molecule has 17 heavy (non-hydrogen) atoms. The standard InChI is InChI=1S/C13H14O4/c1-8(14)16-12-7-10-5-3-4-6-11(10)13(12)17-9(2)15/h3-6,12-13H,7H2,1-2H3/t12-,13-/m1/s1. The van der Waals surface area contributed by atoms with Crippen LogP contribution in [0.25, 0.3) is 0 Å². The number of carbonyl (C=O) groups is 2. The van der Waals surface area contributed by atoms with Gasteiger partial charge in [-0.05, 0) is 11.1 Å². The van der Waals surface area contributed by atoms with Crippen LogP contribution < -0.4 is 0 Å². The van der Waals surface area contributed by atoms with Gasteiger partial charge in [-0.25, -0.2) is 0 Å². The van der Waals surface area contributed by atoms with Crippen LogP contribution in [0.4, 0.5) is 0 Å². The number of carbonyl (C=O) groups excluding carboxylic acids is 2. The molecule has 0 saturated carbocycles. The van der Waals surface area contributed by atoms with Gasteiger partial charge in [0.15, 0.2) is 6.10 Å². The van der Waals surface area contributed by atoms with E-state index in [0.717, 1.165) is 11.1 Å². The summed E-state index contributed by atoms with van der Waals surface area (Å²) >= 11 is 0. The number of hydrogen-bond acceptors (Lipinski definition) is 4. The second kappa shape index (κ2) is 4.57. The Kier molecular flexibility index (Phi) is 3.13. The summed E-state index contributed by atoms with van der Waals surface area (Å²) in [6.45, 7) is 2.71. The van der Waals surface area contributed by atoms with Crippen LogP contribution in [0.3, 0.4) is 0 Å². The molecular formula is C13H14O4. The molecule has 0 aliphatic heterocycles. The molecule has 4 nitrogen and oxygen atoms in total. The smallest absolute Gasteiger partial charge is 0.303 e. The van der Waals surface area contributed by atoms with E-state index in [1.165, 1.54) is 13.8 Å². The summed E-state index contributed by atoms with van der Waals surface area (Å²) in [5.74, 6) is -0.733. The van der Waals surface area contributed by atoms with Gasteiger partial charge in [0.05, 0.1) is 0 Å². The van der Waals surface area contributed by atoms with Crippen molar-refractivity contribution in [2.24, 2.45) is 0 Å². The van der Waals surface area contributed by atoms with Crippen molar-refractivity contribution in [2.75, 3.05) is 0 Å². The van der Waals surface area contributed by atoms with E-state index in [2.05, 4.69) is 0 Å². The Morgan fingerprint density at radius 1 is 1.12 bits per heavy atom. The molecule has 0 N–H and O–H groups in total. The first-order valence-corrected chi connectivity index (χ1v) is 5.50. The van der Waals surface area contributed by atoms with Crippen molar-refractivity contribution >= 4 is 11.9 Å². The van der Waals surface area contributed by atoms with E-state index in [0.29, 0.717) is 6.42 Å². The Hall–Kier alpha value is -1.84.